The standard InChI is InChI=1S/C13H17ClFNO2/c1-8(6-9(2)17)7-16-13(18)12-10(14)4-3-5-11(12)15/h3-5,8-9,17H,6-7H2,1-2H3,(H,16,18). The predicted octanol–water partition coefficient (Wildman–Crippen LogP) is 2.62. The number of amides is 1. The van der Waals surface area contributed by atoms with Crippen LogP contribution >= 0.6 is 11.6 Å². The van der Waals surface area contributed by atoms with Crippen molar-refractivity contribution in [1.82, 2.24) is 5.32 Å². The number of hydrogen-bond donors (Lipinski definition) is 2. The largest absolute Gasteiger partial charge is 0.393 e. The van der Waals surface area contributed by atoms with E-state index in [0.29, 0.717) is 13.0 Å². The molecule has 0 saturated carbocycles. The molecule has 100 valence electrons. The predicted molar refractivity (Wildman–Crippen MR) is 69.2 cm³/mol. The SMILES string of the molecule is CC(O)CC(C)CNC(=O)c1c(F)cccc1Cl. The lowest BCUT2D eigenvalue weighted by atomic mass is 10.0. The molecule has 0 heterocycles. The lowest BCUT2D eigenvalue weighted by Gasteiger charge is -2.14. The summed E-state index contributed by atoms with van der Waals surface area (Å²) < 4.78 is 13.5. The number of halogens is 2. The van der Waals surface area contributed by atoms with Gasteiger partial charge >= 0.3 is 0 Å². The first-order valence-corrected chi connectivity index (χ1v) is 6.20. The zero-order valence-electron chi connectivity index (χ0n) is 10.4. The molecule has 0 saturated heterocycles. The zero-order chi connectivity index (χ0) is 13.7. The minimum absolute atomic E-state index is 0.0932. The molecule has 2 unspecified atom stereocenters. The number of aliphatic hydroxyl groups excluding tert-OH is 1. The Morgan fingerprint density at radius 3 is 2.72 bits per heavy atom. The number of hydrogen-bond acceptors (Lipinski definition) is 2. The molecular formula is C13H17ClFNO2. The van der Waals surface area contributed by atoms with Gasteiger partial charge in [0.15, 0.2) is 0 Å². The number of nitrogens with one attached hydrogen (secondary N) is 1. The van der Waals surface area contributed by atoms with E-state index in [-0.39, 0.29) is 16.5 Å². The van der Waals surface area contributed by atoms with Crippen LogP contribution in [-0.2, 0) is 0 Å². The van der Waals surface area contributed by atoms with E-state index in [9.17, 15) is 14.3 Å². The molecule has 1 rings (SSSR count). The van der Waals surface area contributed by atoms with Crippen LogP contribution in [0.2, 0.25) is 5.02 Å². The summed E-state index contributed by atoms with van der Waals surface area (Å²) in [6.45, 7) is 3.95. The lowest BCUT2D eigenvalue weighted by molar-refractivity contribution is 0.0935. The molecule has 0 aliphatic rings. The topological polar surface area (TPSA) is 49.3 Å². The first kappa shape index (κ1) is 14.9. The van der Waals surface area contributed by atoms with Crippen LogP contribution in [0.25, 0.3) is 0 Å². The Balaban J connectivity index is 2.61. The van der Waals surface area contributed by atoms with Crippen LogP contribution in [0.5, 0.6) is 0 Å². The Hall–Kier alpha value is -1.13. The van der Waals surface area contributed by atoms with Gasteiger partial charge in [-0.2, -0.15) is 0 Å². The molecule has 0 aliphatic heterocycles. The summed E-state index contributed by atoms with van der Waals surface area (Å²) in [5, 5.41) is 11.9. The Kier molecular flexibility index (Phi) is 5.56. The van der Waals surface area contributed by atoms with Crippen molar-refractivity contribution < 1.29 is 14.3 Å². The monoisotopic (exact) mass is 273 g/mol. The third-order valence-corrected chi connectivity index (χ3v) is 2.86. The maximum absolute atomic E-state index is 13.5. The minimum Gasteiger partial charge on any atom is -0.393 e. The maximum Gasteiger partial charge on any atom is 0.255 e. The fourth-order valence-corrected chi connectivity index (χ4v) is 1.98. The molecular weight excluding hydrogens is 257 g/mol. The van der Waals surface area contributed by atoms with Crippen LogP contribution in [-0.4, -0.2) is 23.7 Å². The highest BCUT2D eigenvalue weighted by Gasteiger charge is 2.16. The van der Waals surface area contributed by atoms with Gasteiger partial charge in [-0.3, -0.25) is 4.79 Å². The number of carbonyl (C=O) groups is 1. The number of benzene rings is 1. The fourth-order valence-electron chi connectivity index (χ4n) is 1.74. The normalized spacial score (nSPS) is 14.1. The van der Waals surface area contributed by atoms with Gasteiger partial charge in [0.25, 0.3) is 5.91 Å². The highest BCUT2D eigenvalue weighted by atomic mass is 35.5. The van der Waals surface area contributed by atoms with E-state index in [1.165, 1.54) is 18.2 Å². The number of aliphatic hydroxyl groups is 1. The average molecular weight is 274 g/mol. The minimum atomic E-state index is -0.636. The Morgan fingerprint density at radius 2 is 2.17 bits per heavy atom. The third-order valence-electron chi connectivity index (χ3n) is 2.54. The van der Waals surface area contributed by atoms with Gasteiger partial charge in [-0.1, -0.05) is 24.6 Å². The second kappa shape index (κ2) is 6.71. The summed E-state index contributed by atoms with van der Waals surface area (Å²) in [6.07, 6.45) is 0.152. The molecule has 3 nitrogen and oxygen atoms in total. The third kappa shape index (κ3) is 4.27. The number of carbonyl (C=O) groups excluding carboxylic acids is 1. The first-order valence-electron chi connectivity index (χ1n) is 5.82. The summed E-state index contributed by atoms with van der Waals surface area (Å²) in [6, 6.07) is 4.11. The van der Waals surface area contributed by atoms with Gasteiger partial charge in [-0.25, -0.2) is 4.39 Å². The first-order chi connectivity index (χ1) is 8.41. The van der Waals surface area contributed by atoms with Gasteiger partial charge in [-0.15, -0.1) is 0 Å². The molecule has 0 radical (unpaired) electrons. The Morgan fingerprint density at radius 1 is 1.50 bits per heavy atom. The molecule has 0 fully saturated rings. The second-order valence-corrected chi connectivity index (χ2v) is 4.90. The maximum atomic E-state index is 13.5. The van der Waals surface area contributed by atoms with Crippen LogP contribution in [0, 0.1) is 11.7 Å². The van der Waals surface area contributed by atoms with Gasteiger partial charge in [0.05, 0.1) is 16.7 Å². The smallest absolute Gasteiger partial charge is 0.255 e. The van der Waals surface area contributed by atoms with E-state index in [2.05, 4.69) is 5.32 Å². The molecule has 1 aromatic rings. The number of rotatable bonds is 5. The second-order valence-electron chi connectivity index (χ2n) is 4.50. The summed E-state index contributed by atoms with van der Waals surface area (Å²) in [7, 11) is 0. The van der Waals surface area contributed by atoms with E-state index in [0.717, 1.165) is 0 Å². The molecule has 2 atom stereocenters. The van der Waals surface area contributed by atoms with Crippen LogP contribution in [0.4, 0.5) is 4.39 Å². The molecule has 0 aliphatic carbocycles. The molecule has 5 heteroatoms. The molecule has 1 amide bonds. The highest BCUT2D eigenvalue weighted by molar-refractivity contribution is 6.33. The van der Waals surface area contributed by atoms with Gasteiger partial charge < -0.3 is 10.4 Å². The lowest BCUT2D eigenvalue weighted by Crippen LogP contribution is -2.30. The van der Waals surface area contributed by atoms with E-state index in [4.69, 9.17) is 11.6 Å². The van der Waals surface area contributed by atoms with Crippen molar-refractivity contribution in [1.29, 1.82) is 0 Å². The van der Waals surface area contributed by atoms with Gasteiger partial charge in [-0.05, 0) is 31.4 Å². The van der Waals surface area contributed by atoms with Gasteiger partial charge in [0.2, 0.25) is 0 Å². The van der Waals surface area contributed by atoms with E-state index < -0.39 is 17.8 Å². The van der Waals surface area contributed by atoms with E-state index in [1.807, 2.05) is 6.92 Å². The van der Waals surface area contributed by atoms with Crippen molar-refractivity contribution in [3.05, 3.63) is 34.6 Å². The van der Waals surface area contributed by atoms with Crippen molar-refractivity contribution in [2.24, 2.45) is 5.92 Å². The summed E-state index contributed by atoms with van der Waals surface area (Å²) in [4.78, 5) is 11.8. The van der Waals surface area contributed by atoms with Crippen molar-refractivity contribution in [3.8, 4) is 0 Å². The molecule has 0 bridgehead atoms. The molecule has 18 heavy (non-hydrogen) atoms. The summed E-state index contributed by atoms with van der Waals surface area (Å²) in [5.41, 5.74) is -0.136. The van der Waals surface area contributed by atoms with E-state index in [1.54, 1.807) is 6.92 Å². The fraction of sp³-hybridized carbons (Fsp3) is 0.462. The summed E-state index contributed by atoms with van der Waals surface area (Å²) in [5.74, 6) is -1.06. The molecule has 1 aromatic carbocycles. The van der Waals surface area contributed by atoms with Crippen LogP contribution < -0.4 is 5.32 Å². The van der Waals surface area contributed by atoms with Gasteiger partial charge in [0, 0.05) is 6.54 Å². The Bertz CT molecular complexity index is 403. The summed E-state index contributed by atoms with van der Waals surface area (Å²) >= 11 is 5.78. The van der Waals surface area contributed by atoms with Gasteiger partial charge in [0.1, 0.15) is 5.82 Å². The molecule has 2 N–H and O–H groups in total. The van der Waals surface area contributed by atoms with Crippen LogP contribution in [0.1, 0.15) is 30.6 Å². The van der Waals surface area contributed by atoms with Crippen molar-refractivity contribution >= 4 is 17.5 Å². The van der Waals surface area contributed by atoms with Crippen molar-refractivity contribution in [2.45, 2.75) is 26.4 Å². The van der Waals surface area contributed by atoms with Crippen molar-refractivity contribution in [3.63, 3.8) is 0 Å². The molecule has 0 spiro atoms. The zero-order valence-corrected chi connectivity index (χ0v) is 11.2. The Labute approximate surface area is 111 Å². The van der Waals surface area contributed by atoms with Crippen LogP contribution in [0.15, 0.2) is 18.2 Å². The molecule has 0 aromatic heterocycles. The van der Waals surface area contributed by atoms with E-state index >= 15 is 0 Å². The highest BCUT2D eigenvalue weighted by Crippen LogP contribution is 2.18. The quantitative estimate of drug-likeness (QED) is 0.866. The van der Waals surface area contributed by atoms with Crippen molar-refractivity contribution in [2.75, 3.05) is 6.54 Å². The average Bonchev–Trinajstić information content (AvgIpc) is 2.25. The van der Waals surface area contributed by atoms with Crippen LogP contribution in [0.3, 0.4) is 0 Å².